The molecule has 1 N–H and O–H groups in total. The third kappa shape index (κ3) is 3.05. The summed E-state index contributed by atoms with van der Waals surface area (Å²) in [5.74, 6) is -0.619. The Morgan fingerprint density at radius 3 is 2.20 bits per heavy atom. The van der Waals surface area contributed by atoms with Crippen molar-refractivity contribution in [2.75, 3.05) is 0 Å². The number of benzene rings is 1. The fourth-order valence-corrected chi connectivity index (χ4v) is 3.18. The third-order valence-corrected chi connectivity index (χ3v) is 5.13. The summed E-state index contributed by atoms with van der Waals surface area (Å²) in [6.07, 6.45) is 4.26. The first kappa shape index (κ1) is 15.1. The standard InChI is InChI=1S/C18H26O2/c1-13-5-6-15(11-14(13)2)12-18(16(19)20)9-7-17(3,4)8-10-18/h5-6,11H,7-10,12H2,1-4H3,(H,19,20). The quantitative estimate of drug-likeness (QED) is 0.880. The van der Waals surface area contributed by atoms with Crippen molar-refractivity contribution in [3.8, 4) is 0 Å². The van der Waals surface area contributed by atoms with Crippen LogP contribution in [0.5, 0.6) is 0 Å². The lowest BCUT2D eigenvalue weighted by Gasteiger charge is -2.41. The minimum atomic E-state index is -0.619. The lowest BCUT2D eigenvalue weighted by molar-refractivity contribution is -0.152. The molecule has 0 unspecified atom stereocenters. The summed E-state index contributed by atoms with van der Waals surface area (Å²) in [6, 6.07) is 6.35. The zero-order chi connectivity index (χ0) is 15.0. The van der Waals surface area contributed by atoms with Gasteiger partial charge in [-0.25, -0.2) is 0 Å². The van der Waals surface area contributed by atoms with Gasteiger partial charge in [0.15, 0.2) is 0 Å². The number of aliphatic carboxylic acids is 1. The molecule has 1 aliphatic rings. The van der Waals surface area contributed by atoms with Gasteiger partial charge in [-0.1, -0.05) is 32.0 Å². The van der Waals surface area contributed by atoms with E-state index >= 15 is 0 Å². The molecule has 1 aromatic carbocycles. The number of hydrogen-bond acceptors (Lipinski definition) is 1. The normalized spacial score (nSPS) is 20.6. The van der Waals surface area contributed by atoms with E-state index < -0.39 is 11.4 Å². The molecule has 0 heterocycles. The Labute approximate surface area is 122 Å². The maximum atomic E-state index is 11.8. The number of carboxylic acids is 1. The molecule has 0 aliphatic heterocycles. The zero-order valence-electron chi connectivity index (χ0n) is 13.1. The molecule has 1 fully saturated rings. The van der Waals surface area contributed by atoms with Crippen LogP contribution in [0.3, 0.4) is 0 Å². The van der Waals surface area contributed by atoms with E-state index in [-0.39, 0.29) is 0 Å². The van der Waals surface area contributed by atoms with E-state index in [1.165, 1.54) is 11.1 Å². The third-order valence-electron chi connectivity index (χ3n) is 5.13. The van der Waals surface area contributed by atoms with Crippen LogP contribution in [-0.4, -0.2) is 11.1 Å². The lowest BCUT2D eigenvalue weighted by Crippen LogP contribution is -2.39. The van der Waals surface area contributed by atoms with Gasteiger partial charge in [-0.15, -0.1) is 0 Å². The van der Waals surface area contributed by atoms with Crippen molar-refractivity contribution in [3.05, 3.63) is 34.9 Å². The fourth-order valence-electron chi connectivity index (χ4n) is 3.18. The highest BCUT2D eigenvalue weighted by Gasteiger charge is 2.44. The van der Waals surface area contributed by atoms with Gasteiger partial charge in [0, 0.05) is 0 Å². The molecule has 1 saturated carbocycles. The van der Waals surface area contributed by atoms with Crippen molar-refractivity contribution < 1.29 is 9.90 Å². The molecule has 110 valence electrons. The van der Waals surface area contributed by atoms with Crippen molar-refractivity contribution in [2.45, 2.75) is 59.8 Å². The SMILES string of the molecule is Cc1ccc(CC2(C(=O)O)CCC(C)(C)CC2)cc1C. The maximum Gasteiger partial charge on any atom is 0.309 e. The Hall–Kier alpha value is -1.31. The van der Waals surface area contributed by atoms with Crippen LogP contribution < -0.4 is 0 Å². The molecule has 2 rings (SSSR count). The largest absolute Gasteiger partial charge is 0.481 e. The van der Waals surface area contributed by atoms with Gasteiger partial charge in [0.05, 0.1) is 5.41 Å². The van der Waals surface area contributed by atoms with Crippen LogP contribution in [-0.2, 0) is 11.2 Å². The molecule has 0 atom stereocenters. The van der Waals surface area contributed by atoms with Gasteiger partial charge >= 0.3 is 5.97 Å². The Bertz CT molecular complexity index is 504. The summed E-state index contributed by atoms with van der Waals surface area (Å²) in [5, 5.41) is 9.74. The van der Waals surface area contributed by atoms with E-state index in [1.54, 1.807) is 0 Å². The minimum Gasteiger partial charge on any atom is -0.481 e. The summed E-state index contributed by atoms with van der Waals surface area (Å²) < 4.78 is 0. The number of rotatable bonds is 3. The molecular weight excluding hydrogens is 248 g/mol. The molecule has 0 amide bonds. The summed E-state index contributed by atoms with van der Waals surface area (Å²) in [7, 11) is 0. The minimum absolute atomic E-state index is 0.294. The van der Waals surface area contributed by atoms with Gasteiger partial charge in [-0.05, 0) is 68.1 Å². The summed E-state index contributed by atoms with van der Waals surface area (Å²) in [4.78, 5) is 11.8. The molecule has 0 aromatic heterocycles. The highest BCUT2D eigenvalue weighted by Crippen LogP contribution is 2.47. The lowest BCUT2D eigenvalue weighted by atomic mass is 9.63. The molecule has 0 spiro atoms. The van der Waals surface area contributed by atoms with Gasteiger partial charge in [-0.2, -0.15) is 0 Å². The molecular formula is C18H26O2. The number of carboxylic acid groups (broad SMARTS) is 1. The van der Waals surface area contributed by atoms with Crippen LogP contribution in [0.1, 0.15) is 56.2 Å². The monoisotopic (exact) mass is 274 g/mol. The van der Waals surface area contributed by atoms with Crippen molar-refractivity contribution >= 4 is 5.97 Å². The second-order valence-electron chi connectivity index (χ2n) is 7.35. The number of aryl methyl sites for hydroxylation is 2. The van der Waals surface area contributed by atoms with E-state index in [0.29, 0.717) is 11.8 Å². The van der Waals surface area contributed by atoms with Crippen LogP contribution in [0, 0.1) is 24.7 Å². The predicted molar refractivity (Wildman–Crippen MR) is 81.9 cm³/mol. The van der Waals surface area contributed by atoms with Crippen LogP contribution >= 0.6 is 0 Å². The maximum absolute atomic E-state index is 11.8. The molecule has 20 heavy (non-hydrogen) atoms. The summed E-state index contributed by atoms with van der Waals surface area (Å²) >= 11 is 0. The predicted octanol–water partition coefficient (Wildman–Crippen LogP) is 4.52. The Kier molecular flexibility index (Phi) is 3.95. The van der Waals surface area contributed by atoms with Crippen molar-refractivity contribution in [1.82, 2.24) is 0 Å². The van der Waals surface area contributed by atoms with Gasteiger partial charge in [-0.3, -0.25) is 4.79 Å². The molecule has 2 nitrogen and oxygen atoms in total. The Morgan fingerprint density at radius 2 is 1.70 bits per heavy atom. The summed E-state index contributed by atoms with van der Waals surface area (Å²) in [6.45, 7) is 8.68. The molecule has 0 saturated heterocycles. The highest BCUT2D eigenvalue weighted by molar-refractivity contribution is 5.75. The van der Waals surface area contributed by atoms with Gasteiger partial charge in [0.1, 0.15) is 0 Å². The van der Waals surface area contributed by atoms with E-state index in [9.17, 15) is 9.90 Å². The van der Waals surface area contributed by atoms with Gasteiger partial charge in [0.25, 0.3) is 0 Å². The van der Waals surface area contributed by atoms with E-state index in [2.05, 4.69) is 45.9 Å². The molecule has 2 heteroatoms. The average molecular weight is 274 g/mol. The van der Waals surface area contributed by atoms with Crippen LogP contribution in [0.2, 0.25) is 0 Å². The Balaban J connectivity index is 2.22. The number of hydrogen-bond donors (Lipinski definition) is 1. The summed E-state index contributed by atoms with van der Waals surface area (Å²) in [5.41, 5.74) is 3.41. The van der Waals surface area contributed by atoms with Gasteiger partial charge in [0.2, 0.25) is 0 Å². The first-order valence-electron chi connectivity index (χ1n) is 7.54. The van der Waals surface area contributed by atoms with Crippen LogP contribution in [0.15, 0.2) is 18.2 Å². The second-order valence-corrected chi connectivity index (χ2v) is 7.35. The molecule has 1 aliphatic carbocycles. The van der Waals surface area contributed by atoms with Crippen LogP contribution in [0.4, 0.5) is 0 Å². The Morgan fingerprint density at radius 1 is 1.10 bits per heavy atom. The van der Waals surface area contributed by atoms with Crippen molar-refractivity contribution in [3.63, 3.8) is 0 Å². The fraction of sp³-hybridized carbons (Fsp3) is 0.611. The highest BCUT2D eigenvalue weighted by atomic mass is 16.4. The first-order chi connectivity index (χ1) is 9.24. The first-order valence-corrected chi connectivity index (χ1v) is 7.54. The smallest absolute Gasteiger partial charge is 0.309 e. The number of carbonyl (C=O) groups is 1. The van der Waals surface area contributed by atoms with Gasteiger partial charge < -0.3 is 5.11 Å². The van der Waals surface area contributed by atoms with Crippen molar-refractivity contribution in [2.24, 2.45) is 10.8 Å². The zero-order valence-corrected chi connectivity index (χ0v) is 13.1. The van der Waals surface area contributed by atoms with Crippen molar-refractivity contribution in [1.29, 1.82) is 0 Å². The molecule has 1 aromatic rings. The topological polar surface area (TPSA) is 37.3 Å². The van der Waals surface area contributed by atoms with E-state index in [0.717, 1.165) is 31.2 Å². The van der Waals surface area contributed by atoms with E-state index in [4.69, 9.17) is 0 Å². The molecule has 0 bridgehead atoms. The second kappa shape index (κ2) is 5.23. The molecule has 0 radical (unpaired) electrons. The van der Waals surface area contributed by atoms with Crippen LogP contribution in [0.25, 0.3) is 0 Å². The van der Waals surface area contributed by atoms with E-state index in [1.807, 2.05) is 0 Å². The average Bonchev–Trinajstić information content (AvgIpc) is 2.36.